The van der Waals surface area contributed by atoms with Crippen LogP contribution >= 0.6 is 0 Å². The van der Waals surface area contributed by atoms with Gasteiger partial charge in [-0.25, -0.2) is 9.59 Å². The van der Waals surface area contributed by atoms with Crippen LogP contribution in [0.2, 0.25) is 0 Å². The van der Waals surface area contributed by atoms with Crippen LogP contribution in [0, 0.1) is 10.1 Å². The second kappa shape index (κ2) is 5.55. The summed E-state index contributed by atoms with van der Waals surface area (Å²) in [6.07, 6.45) is 0.987. The Labute approximate surface area is 114 Å². The van der Waals surface area contributed by atoms with Crippen molar-refractivity contribution in [1.29, 1.82) is 0 Å². The van der Waals surface area contributed by atoms with Gasteiger partial charge in [0, 0.05) is 12.6 Å². The summed E-state index contributed by atoms with van der Waals surface area (Å²) in [5, 5.41) is 22.3. The molecule has 2 amide bonds. The first kappa shape index (κ1) is 13.8. The number of likely N-dealkylation sites (tertiary alicyclic amines) is 1. The molecule has 1 heterocycles. The molecule has 0 bridgehead atoms. The zero-order chi connectivity index (χ0) is 14.7. The summed E-state index contributed by atoms with van der Waals surface area (Å²) < 4.78 is 0. The second-order valence-electron chi connectivity index (χ2n) is 4.39. The summed E-state index contributed by atoms with van der Waals surface area (Å²) in [7, 11) is 0. The topological polar surface area (TPSA) is 113 Å². The SMILES string of the molecule is O=C(O)[C@H]1CCCN1C(=O)Nc1ccccc1[N+](=O)[O-]. The molecule has 1 aliphatic rings. The number of nitro benzene ring substituents is 1. The normalized spacial score (nSPS) is 17.8. The number of para-hydroxylation sites is 2. The summed E-state index contributed by atoms with van der Waals surface area (Å²) in [4.78, 5) is 34.5. The molecule has 0 aliphatic carbocycles. The standard InChI is InChI=1S/C12H13N3O5/c16-11(17)10-6-3-7-14(10)12(18)13-8-4-1-2-5-9(8)15(19)20/h1-2,4-5,10H,3,6-7H2,(H,13,18)(H,16,17)/t10-/m1/s1. The molecule has 1 saturated heterocycles. The minimum absolute atomic E-state index is 0.0542. The van der Waals surface area contributed by atoms with Crippen LogP contribution in [0.25, 0.3) is 0 Å². The van der Waals surface area contributed by atoms with Crippen molar-refractivity contribution in [2.24, 2.45) is 0 Å². The van der Waals surface area contributed by atoms with Crippen molar-refractivity contribution in [2.75, 3.05) is 11.9 Å². The van der Waals surface area contributed by atoms with Crippen LogP contribution in [-0.4, -0.2) is 39.5 Å². The van der Waals surface area contributed by atoms with Crippen LogP contribution in [0.3, 0.4) is 0 Å². The number of carbonyl (C=O) groups excluding carboxylic acids is 1. The van der Waals surface area contributed by atoms with E-state index in [9.17, 15) is 19.7 Å². The minimum Gasteiger partial charge on any atom is -0.480 e. The summed E-state index contributed by atoms with van der Waals surface area (Å²) in [5.74, 6) is -1.07. The third-order valence-corrected chi connectivity index (χ3v) is 3.14. The molecule has 20 heavy (non-hydrogen) atoms. The van der Waals surface area contributed by atoms with Gasteiger partial charge in [-0.3, -0.25) is 10.1 Å². The van der Waals surface area contributed by atoms with Gasteiger partial charge in [-0.05, 0) is 18.9 Å². The monoisotopic (exact) mass is 279 g/mol. The van der Waals surface area contributed by atoms with Gasteiger partial charge in [0.05, 0.1) is 4.92 Å². The minimum atomic E-state index is -1.07. The van der Waals surface area contributed by atoms with E-state index in [0.717, 1.165) is 0 Å². The molecule has 0 unspecified atom stereocenters. The fraction of sp³-hybridized carbons (Fsp3) is 0.333. The van der Waals surface area contributed by atoms with Gasteiger partial charge in [0.25, 0.3) is 5.69 Å². The highest BCUT2D eigenvalue weighted by atomic mass is 16.6. The quantitative estimate of drug-likeness (QED) is 0.645. The first-order chi connectivity index (χ1) is 9.50. The first-order valence-corrected chi connectivity index (χ1v) is 6.04. The summed E-state index contributed by atoms with van der Waals surface area (Å²) in [6, 6.07) is 4.21. The number of hydrogen-bond donors (Lipinski definition) is 2. The molecule has 2 rings (SSSR count). The zero-order valence-electron chi connectivity index (χ0n) is 10.5. The number of rotatable bonds is 3. The number of hydrogen-bond acceptors (Lipinski definition) is 4. The number of carboxylic acids is 1. The van der Waals surface area contributed by atoms with E-state index in [1.54, 1.807) is 6.07 Å². The van der Waals surface area contributed by atoms with Crippen molar-refractivity contribution >= 4 is 23.4 Å². The van der Waals surface area contributed by atoms with E-state index in [-0.39, 0.29) is 11.4 Å². The van der Waals surface area contributed by atoms with Crippen molar-refractivity contribution in [1.82, 2.24) is 4.90 Å². The van der Waals surface area contributed by atoms with Gasteiger partial charge in [-0.15, -0.1) is 0 Å². The van der Waals surface area contributed by atoms with Crippen LogP contribution in [-0.2, 0) is 4.79 Å². The highest BCUT2D eigenvalue weighted by Crippen LogP contribution is 2.25. The lowest BCUT2D eigenvalue weighted by Crippen LogP contribution is -2.42. The van der Waals surface area contributed by atoms with E-state index in [1.165, 1.54) is 23.1 Å². The number of benzene rings is 1. The third kappa shape index (κ3) is 2.68. The smallest absolute Gasteiger partial charge is 0.326 e. The van der Waals surface area contributed by atoms with Gasteiger partial charge in [0.15, 0.2) is 0 Å². The van der Waals surface area contributed by atoms with Gasteiger partial charge >= 0.3 is 12.0 Å². The number of nitro groups is 1. The van der Waals surface area contributed by atoms with Crippen molar-refractivity contribution in [3.05, 3.63) is 34.4 Å². The van der Waals surface area contributed by atoms with Crippen molar-refractivity contribution < 1.29 is 19.6 Å². The molecule has 1 atom stereocenters. The van der Waals surface area contributed by atoms with Crippen LogP contribution in [0.5, 0.6) is 0 Å². The Kier molecular flexibility index (Phi) is 3.83. The molecule has 0 spiro atoms. The number of aliphatic carboxylic acids is 1. The highest BCUT2D eigenvalue weighted by molar-refractivity contribution is 5.94. The molecule has 0 saturated carbocycles. The van der Waals surface area contributed by atoms with Crippen LogP contribution < -0.4 is 5.32 Å². The van der Waals surface area contributed by atoms with E-state index in [2.05, 4.69) is 5.32 Å². The lowest BCUT2D eigenvalue weighted by molar-refractivity contribution is -0.383. The number of carbonyl (C=O) groups is 2. The van der Waals surface area contributed by atoms with Gasteiger partial charge in [0.1, 0.15) is 11.7 Å². The molecule has 106 valence electrons. The van der Waals surface area contributed by atoms with E-state index in [4.69, 9.17) is 5.11 Å². The molecule has 2 N–H and O–H groups in total. The molecule has 1 aliphatic heterocycles. The molecule has 1 fully saturated rings. The lowest BCUT2D eigenvalue weighted by atomic mass is 10.2. The number of amides is 2. The zero-order valence-corrected chi connectivity index (χ0v) is 10.5. The maximum Gasteiger partial charge on any atom is 0.326 e. The van der Waals surface area contributed by atoms with E-state index >= 15 is 0 Å². The van der Waals surface area contributed by atoms with Gasteiger partial charge in [0.2, 0.25) is 0 Å². The average Bonchev–Trinajstić information content (AvgIpc) is 2.88. The molecule has 8 nitrogen and oxygen atoms in total. The predicted molar refractivity (Wildman–Crippen MR) is 69.5 cm³/mol. The van der Waals surface area contributed by atoms with Gasteiger partial charge in [-0.1, -0.05) is 12.1 Å². The molecule has 0 radical (unpaired) electrons. The highest BCUT2D eigenvalue weighted by Gasteiger charge is 2.34. The summed E-state index contributed by atoms with van der Waals surface area (Å²) >= 11 is 0. The molecule has 1 aromatic rings. The van der Waals surface area contributed by atoms with Crippen molar-refractivity contribution in [3.63, 3.8) is 0 Å². The van der Waals surface area contributed by atoms with Crippen LogP contribution in [0.4, 0.5) is 16.2 Å². The third-order valence-electron chi connectivity index (χ3n) is 3.14. The molecule has 1 aromatic carbocycles. The average molecular weight is 279 g/mol. The lowest BCUT2D eigenvalue weighted by Gasteiger charge is -2.21. The molecule has 0 aromatic heterocycles. The number of anilines is 1. The Morgan fingerprint density at radius 1 is 1.40 bits per heavy atom. The van der Waals surface area contributed by atoms with Crippen molar-refractivity contribution in [3.8, 4) is 0 Å². The number of urea groups is 1. The maximum absolute atomic E-state index is 12.0. The first-order valence-electron chi connectivity index (χ1n) is 6.04. The molecular formula is C12H13N3O5. The van der Waals surface area contributed by atoms with Gasteiger partial charge in [-0.2, -0.15) is 0 Å². The second-order valence-corrected chi connectivity index (χ2v) is 4.39. The number of nitrogens with zero attached hydrogens (tertiary/aromatic N) is 2. The predicted octanol–water partition coefficient (Wildman–Crippen LogP) is 1.68. The Morgan fingerprint density at radius 3 is 2.75 bits per heavy atom. The fourth-order valence-corrected chi connectivity index (χ4v) is 2.19. The molecule has 8 heteroatoms. The van der Waals surface area contributed by atoms with Crippen LogP contribution in [0.1, 0.15) is 12.8 Å². The van der Waals surface area contributed by atoms with E-state index in [1.807, 2.05) is 0 Å². The Hall–Kier alpha value is -2.64. The van der Waals surface area contributed by atoms with Crippen LogP contribution in [0.15, 0.2) is 24.3 Å². The number of carboxylic acid groups (broad SMARTS) is 1. The number of nitrogens with one attached hydrogen (secondary N) is 1. The maximum atomic E-state index is 12.0. The van der Waals surface area contributed by atoms with Gasteiger partial charge < -0.3 is 15.3 Å². The molecular weight excluding hydrogens is 266 g/mol. The fourth-order valence-electron chi connectivity index (χ4n) is 2.19. The van der Waals surface area contributed by atoms with E-state index < -0.39 is 23.0 Å². The van der Waals surface area contributed by atoms with E-state index in [0.29, 0.717) is 19.4 Å². The van der Waals surface area contributed by atoms with Crippen molar-refractivity contribution in [2.45, 2.75) is 18.9 Å². The Bertz CT molecular complexity index is 560. The Balaban J connectivity index is 2.16. The Morgan fingerprint density at radius 2 is 2.10 bits per heavy atom. The summed E-state index contributed by atoms with van der Waals surface area (Å²) in [6.45, 7) is 0.323. The largest absolute Gasteiger partial charge is 0.480 e. The summed E-state index contributed by atoms with van der Waals surface area (Å²) in [5.41, 5.74) is -0.175.